The van der Waals surface area contributed by atoms with Crippen LogP contribution in [0, 0.1) is 12.7 Å². The van der Waals surface area contributed by atoms with E-state index in [-0.39, 0.29) is 22.7 Å². The maximum Gasteiger partial charge on any atom is 0.255 e. The van der Waals surface area contributed by atoms with E-state index in [2.05, 4.69) is 21.2 Å². The second-order valence-electron chi connectivity index (χ2n) is 9.68. The van der Waals surface area contributed by atoms with Crippen LogP contribution in [0.15, 0.2) is 75.9 Å². The molecule has 1 aliphatic rings. The van der Waals surface area contributed by atoms with Gasteiger partial charge < -0.3 is 19.4 Å². The minimum Gasteiger partial charge on any atom is -0.495 e. The number of hydrogen-bond acceptors (Lipinski definition) is 6. The highest BCUT2D eigenvalue weighted by molar-refractivity contribution is 6.05. The van der Waals surface area contributed by atoms with Crippen molar-refractivity contribution in [3.63, 3.8) is 0 Å². The summed E-state index contributed by atoms with van der Waals surface area (Å²) in [6.45, 7) is 6.75. The molecule has 0 spiro atoms. The van der Waals surface area contributed by atoms with Crippen LogP contribution in [-0.4, -0.2) is 57.2 Å². The van der Waals surface area contributed by atoms with E-state index in [1.807, 2.05) is 18.2 Å². The highest BCUT2D eigenvalue weighted by Crippen LogP contribution is 2.29. The van der Waals surface area contributed by atoms with Crippen LogP contribution in [0.25, 0.3) is 22.3 Å². The van der Waals surface area contributed by atoms with Gasteiger partial charge in [0.15, 0.2) is 11.0 Å². The van der Waals surface area contributed by atoms with Gasteiger partial charge in [0.25, 0.3) is 5.91 Å². The highest BCUT2D eigenvalue weighted by atomic mass is 19.1. The zero-order chi connectivity index (χ0) is 27.4. The van der Waals surface area contributed by atoms with Crippen molar-refractivity contribution in [1.29, 1.82) is 0 Å². The number of carbonyl (C=O) groups is 1. The number of benzene rings is 3. The van der Waals surface area contributed by atoms with Gasteiger partial charge in [0.05, 0.1) is 23.7 Å². The Kier molecular flexibility index (Phi) is 7.93. The molecule has 1 fully saturated rings. The van der Waals surface area contributed by atoms with Gasteiger partial charge in [-0.3, -0.25) is 14.5 Å². The van der Waals surface area contributed by atoms with Crippen LogP contribution in [0.4, 0.5) is 10.1 Å². The molecule has 1 aliphatic heterocycles. The quantitative estimate of drug-likeness (QED) is 0.329. The van der Waals surface area contributed by atoms with Crippen LogP contribution in [0.5, 0.6) is 5.75 Å². The molecule has 0 bridgehead atoms. The van der Waals surface area contributed by atoms with Gasteiger partial charge in [0.2, 0.25) is 0 Å². The Balaban J connectivity index is 1.20. The summed E-state index contributed by atoms with van der Waals surface area (Å²) in [4.78, 5) is 30.9. The zero-order valence-corrected chi connectivity index (χ0v) is 22.2. The van der Waals surface area contributed by atoms with Gasteiger partial charge in [-0.15, -0.1) is 0 Å². The van der Waals surface area contributed by atoms with E-state index in [1.54, 1.807) is 44.4 Å². The van der Waals surface area contributed by atoms with E-state index >= 15 is 0 Å². The lowest BCUT2D eigenvalue weighted by Crippen LogP contribution is -2.47. The number of anilines is 1. The van der Waals surface area contributed by atoms with Gasteiger partial charge in [-0.05, 0) is 68.4 Å². The number of nitrogens with zero attached hydrogens (tertiary/aromatic N) is 2. The Morgan fingerprint density at radius 1 is 1.00 bits per heavy atom. The molecule has 4 aromatic rings. The predicted molar refractivity (Wildman–Crippen MR) is 151 cm³/mol. The van der Waals surface area contributed by atoms with E-state index in [4.69, 9.17) is 9.15 Å². The maximum atomic E-state index is 13.4. The largest absolute Gasteiger partial charge is 0.495 e. The van der Waals surface area contributed by atoms with Gasteiger partial charge in [-0.2, -0.15) is 0 Å². The minimum atomic E-state index is -0.377. The molecule has 202 valence electrons. The average Bonchev–Trinajstić information content (AvgIpc) is 2.97. The molecule has 1 amide bonds. The average molecular weight is 530 g/mol. The van der Waals surface area contributed by atoms with Crippen LogP contribution >= 0.6 is 0 Å². The molecule has 39 heavy (non-hydrogen) atoms. The first-order valence-electron chi connectivity index (χ1n) is 13.2. The maximum absolute atomic E-state index is 13.4. The number of amides is 1. The fourth-order valence-corrected chi connectivity index (χ4v) is 5.07. The van der Waals surface area contributed by atoms with Gasteiger partial charge in [0, 0.05) is 43.9 Å². The number of rotatable bonds is 8. The second-order valence-corrected chi connectivity index (χ2v) is 9.68. The highest BCUT2D eigenvalue weighted by Gasteiger charge is 2.20. The molecule has 0 saturated carbocycles. The summed E-state index contributed by atoms with van der Waals surface area (Å²) in [6.07, 6.45) is 0.801. The summed E-state index contributed by atoms with van der Waals surface area (Å²) >= 11 is 0. The summed E-state index contributed by atoms with van der Waals surface area (Å²) < 4.78 is 25.0. The third-order valence-electron chi connectivity index (χ3n) is 7.23. The van der Waals surface area contributed by atoms with Crippen molar-refractivity contribution in [2.45, 2.75) is 13.3 Å². The number of nitrogens with one attached hydrogen (secondary N) is 1. The monoisotopic (exact) mass is 529 g/mol. The standard InChI is InChI=1S/C31H32FN3O4/c1-21-28(36)24-7-5-8-25(30(24)39-29(21)22-11-13-23(32)14-12-22)31(37)33-15-6-16-34-17-19-35(20-18-34)26-9-3-4-10-27(26)38-2/h3-5,7-14H,6,15-20H2,1-2H3,(H,33,37). The fraction of sp³-hybridized carbons (Fsp3) is 0.290. The van der Waals surface area contributed by atoms with E-state index in [0.717, 1.165) is 50.6 Å². The fourth-order valence-electron chi connectivity index (χ4n) is 5.07. The van der Waals surface area contributed by atoms with E-state index in [0.29, 0.717) is 34.4 Å². The molecule has 1 N–H and O–H groups in total. The number of ether oxygens (including phenoxy) is 1. The number of para-hydroxylation sites is 3. The summed E-state index contributed by atoms with van der Waals surface area (Å²) in [6, 6.07) is 18.8. The van der Waals surface area contributed by atoms with Gasteiger partial charge in [0.1, 0.15) is 17.3 Å². The lowest BCUT2D eigenvalue weighted by Gasteiger charge is -2.36. The van der Waals surface area contributed by atoms with Crippen LogP contribution in [0.2, 0.25) is 0 Å². The van der Waals surface area contributed by atoms with Crippen molar-refractivity contribution < 1.29 is 18.3 Å². The van der Waals surface area contributed by atoms with Crippen molar-refractivity contribution in [1.82, 2.24) is 10.2 Å². The smallest absolute Gasteiger partial charge is 0.255 e. The van der Waals surface area contributed by atoms with E-state index < -0.39 is 0 Å². The van der Waals surface area contributed by atoms with Gasteiger partial charge in [-0.25, -0.2) is 4.39 Å². The molecule has 3 aromatic carbocycles. The SMILES string of the molecule is COc1ccccc1N1CCN(CCCNC(=O)c2cccc3c(=O)c(C)c(-c4ccc(F)cc4)oc23)CC1. The number of fused-ring (bicyclic) bond motifs is 1. The third kappa shape index (κ3) is 5.66. The lowest BCUT2D eigenvalue weighted by atomic mass is 10.0. The van der Waals surface area contributed by atoms with Crippen molar-refractivity contribution in [3.8, 4) is 17.1 Å². The number of methoxy groups -OCH3 is 1. The molecule has 2 heterocycles. The summed E-state index contributed by atoms with van der Waals surface area (Å²) in [7, 11) is 1.70. The molecule has 0 aliphatic carbocycles. The number of halogens is 1. The van der Waals surface area contributed by atoms with Crippen LogP contribution in [0.3, 0.4) is 0 Å². The van der Waals surface area contributed by atoms with Crippen molar-refractivity contribution in [2.75, 3.05) is 51.3 Å². The number of piperazine rings is 1. The Hall–Kier alpha value is -4.17. The Labute approximate surface area is 226 Å². The molecule has 5 rings (SSSR count). The lowest BCUT2D eigenvalue weighted by molar-refractivity contribution is 0.0952. The van der Waals surface area contributed by atoms with Crippen LogP contribution in [0.1, 0.15) is 22.3 Å². The number of hydrogen-bond donors (Lipinski definition) is 1. The molecule has 8 heteroatoms. The van der Waals surface area contributed by atoms with Gasteiger partial charge in [-0.1, -0.05) is 18.2 Å². The first-order valence-corrected chi connectivity index (χ1v) is 13.2. The first-order chi connectivity index (χ1) is 19.0. The topological polar surface area (TPSA) is 75.0 Å². The molecule has 0 unspecified atom stereocenters. The molecule has 1 aromatic heterocycles. The molecule has 0 atom stereocenters. The zero-order valence-electron chi connectivity index (χ0n) is 22.2. The van der Waals surface area contributed by atoms with E-state index in [9.17, 15) is 14.0 Å². The van der Waals surface area contributed by atoms with Crippen molar-refractivity contribution in [3.05, 3.63) is 93.9 Å². The van der Waals surface area contributed by atoms with Crippen LogP contribution in [-0.2, 0) is 0 Å². The van der Waals surface area contributed by atoms with Crippen LogP contribution < -0.4 is 20.4 Å². The van der Waals surface area contributed by atoms with Crippen molar-refractivity contribution in [2.24, 2.45) is 0 Å². The van der Waals surface area contributed by atoms with E-state index in [1.165, 1.54) is 12.1 Å². The van der Waals surface area contributed by atoms with Crippen molar-refractivity contribution >= 4 is 22.6 Å². The second kappa shape index (κ2) is 11.7. The molecular weight excluding hydrogens is 497 g/mol. The molecule has 1 saturated heterocycles. The Bertz CT molecular complexity index is 1530. The Morgan fingerprint density at radius 2 is 1.74 bits per heavy atom. The summed E-state index contributed by atoms with van der Waals surface area (Å²) in [5.41, 5.74) is 2.44. The number of carbonyl (C=O) groups excluding carboxylic acids is 1. The van der Waals surface area contributed by atoms with Gasteiger partial charge >= 0.3 is 0 Å². The summed E-state index contributed by atoms with van der Waals surface area (Å²) in [5, 5.41) is 3.32. The first kappa shape index (κ1) is 26.4. The normalized spacial score (nSPS) is 14.0. The molecule has 0 radical (unpaired) electrons. The minimum absolute atomic E-state index is 0.211. The predicted octanol–water partition coefficient (Wildman–Crippen LogP) is 4.86. The summed E-state index contributed by atoms with van der Waals surface area (Å²) in [5.74, 6) is 0.550. The molecular formula is C31H32FN3O4. The Morgan fingerprint density at radius 3 is 2.49 bits per heavy atom. The molecule has 7 nitrogen and oxygen atoms in total. The third-order valence-corrected chi connectivity index (χ3v) is 7.23.